The third kappa shape index (κ3) is 5.98. The first kappa shape index (κ1) is 23.3. The van der Waals surface area contributed by atoms with E-state index in [0.717, 1.165) is 25.9 Å². The number of ketones is 1. The van der Waals surface area contributed by atoms with Crippen LogP contribution >= 0.6 is 11.6 Å². The Morgan fingerprint density at radius 2 is 2.03 bits per heavy atom. The van der Waals surface area contributed by atoms with Gasteiger partial charge >= 0.3 is 0 Å². The van der Waals surface area contributed by atoms with Crippen molar-refractivity contribution in [3.05, 3.63) is 16.7 Å². The molecule has 0 bridgehead atoms. The molecule has 2 rings (SSSR count). The molecular formula is C20H30ClN3O5. The first-order valence-electron chi connectivity index (χ1n) is 9.66. The topological polar surface area (TPSA) is 114 Å². The molecule has 1 aromatic carbocycles. The van der Waals surface area contributed by atoms with Gasteiger partial charge in [-0.3, -0.25) is 4.79 Å². The third-order valence-corrected chi connectivity index (χ3v) is 5.52. The minimum absolute atomic E-state index is 0.0554. The summed E-state index contributed by atoms with van der Waals surface area (Å²) in [5, 5.41) is 13.5. The molecule has 1 aliphatic heterocycles. The van der Waals surface area contributed by atoms with Crippen molar-refractivity contribution in [2.24, 2.45) is 5.92 Å². The number of rotatable bonds is 9. The second-order valence-corrected chi connectivity index (χ2v) is 7.73. The average molecular weight is 428 g/mol. The maximum Gasteiger partial charge on any atom is 0.255 e. The summed E-state index contributed by atoms with van der Waals surface area (Å²) >= 11 is 6.11. The normalized spacial score (nSPS) is 19.6. The van der Waals surface area contributed by atoms with Gasteiger partial charge in [0.1, 0.15) is 5.78 Å². The number of anilines is 1. The predicted molar refractivity (Wildman–Crippen MR) is 112 cm³/mol. The molecule has 0 aromatic heterocycles. The van der Waals surface area contributed by atoms with Gasteiger partial charge in [-0.2, -0.15) is 0 Å². The van der Waals surface area contributed by atoms with E-state index in [4.69, 9.17) is 26.8 Å². The van der Waals surface area contributed by atoms with Gasteiger partial charge in [0.05, 0.1) is 36.6 Å². The third-order valence-electron chi connectivity index (χ3n) is 5.21. The zero-order valence-electron chi connectivity index (χ0n) is 17.2. The zero-order valence-corrected chi connectivity index (χ0v) is 17.9. The summed E-state index contributed by atoms with van der Waals surface area (Å²) in [6.07, 6.45) is 1.56. The number of nitrogen functional groups attached to an aromatic ring is 1. The Morgan fingerprint density at radius 1 is 1.34 bits per heavy atom. The number of benzene rings is 1. The minimum Gasteiger partial charge on any atom is -0.492 e. The van der Waals surface area contributed by atoms with Crippen LogP contribution in [0.4, 0.5) is 5.69 Å². The van der Waals surface area contributed by atoms with Crippen molar-refractivity contribution in [3.63, 3.8) is 0 Å². The Morgan fingerprint density at radius 3 is 2.62 bits per heavy atom. The molecule has 0 saturated carbocycles. The van der Waals surface area contributed by atoms with E-state index in [2.05, 4.69) is 10.2 Å². The summed E-state index contributed by atoms with van der Waals surface area (Å²) in [5.74, 6) is 0.174. The molecule has 1 heterocycles. The maximum absolute atomic E-state index is 12.7. The number of nitrogens with two attached hydrogens (primary N) is 1. The van der Waals surface area contributed by atoms with Crippen LogP contribution in [0.15, 0.2) is 6.07 Å². The van der Waals surface area contributed by atoms with E-state index >= 15 is 0 Å². The second-order valence-electron chi connectivity index (χ2n) is 7.32. The Bertz CT molecular complexity index is 743. The Balaban J connectivity index is 1.95. The molecule has 1 aromatic rings. The number of halogens is 1. The number of β-amino-alcohol motifs (C(OH)–C–C–N with tert-alkyl or cyclic N) is 1. The van der Waals surface area contributed by atoms with Crippen LogP contribution < -0.4 is 20.5 Å². The van der Waals surface area contributed by atoms with Crippen LogP contribution in [0.5, 0.6) is 11.5 Å². The van der Waals surface area contributed by atoms with E-state index < -0.39 is 6.10 Å². The summed E-state index contributed by atoms with van der Waals surface area (Å²) in [4.78, 5) is 25.9. The van der Waals surface area contributed by atoms with E-state index in [-0.39, 0.29) is 45.4 Å². The Hall–Kier alpha value is -2.03. The summed E-state index contributed by atoms with van der Waals surface area (Å²) in [7, 11) is 2.85. The fraction of sp³-hybridized carbons (Fsp3) is 0.600. The van der Waals surface area contributed by atoms with Gasteiger partial charge in [-0.05, 0) is 38.9 Å². The van der Waals surface area contributed by atoms with Crippen molar-refractivity contribution in [1.29, 1.82) is 0 Å². The van der Waals surface area contributed by atoms with Crippen LogP contribution in [0.1, 0.15) is 36.5 Å². The quantitative estimate of drug-likeness (QED) is 0.514. The fourth-order valence-electron chi connectivity index (χ4n) is 3.55. The number of hydrogen-bond donors (Lipinski definition) is 3. The lowest BCUT2D eigenvalue weighted by molar-refractivity contribution is -0.117. The van der Waals surface area contributed by atoms with Gasteiger partial charge in [0.25, 0.3) is 5.91 Å². The molecule has 0 spiro atoms. The van der Waals surface area contributed by atoms with E-state index in [0.29, 0.717) is 19.5 Å². The van der Waals surface area contributed by atoms with E-state index in [9.17, 15) is 14.7 Å². The first-order chi connectivity index (χ1) is 13.8. The first-order valence-corrected chi connectivity index (χ1v) is 10.0. The lowest BCUT2D eigenvalue weighted by atomic mass is 9.93. The number of nitrogens with one attached hydrogen (secondary N) is 1. The molecule has 0 radical (unpaired) electrons. The number of hydrogen-bond acceptors (Lipinski definition) is 7. The summed E-state index contributed by atoms with van der Waals surface area (Å²) in [5.41, 5.74) is 6.31. The molecule has 1 fully saturated rings. The van der Waals surface area contributed by atoms with E-state index in [1.54, 1.807) is 6.92 Å². The van der Waals surface area contributed by atoms with Gasteiger partial charge in [0.15, 0.2) is 11.5 Å². The molecule has 1 amide bonds. The number of nitrogens with zero attached hydrogens (tertiary/aromatic N) is 1. The molecule has 1 aliphatic rings. The smallest absolute Gasteiger partial charge is 0.255 e. The largest absolute Gasteiger partial charge is 0.492 e. The Kier molecular flexibility index (Phi) is 8.55. The highest BCUT2D eigenvalue weighted by Gasteiger charge is 2.29. The van der Waals surface area contributed by atoms with Crippen LogP contribution in [0, 0.1) is 5.92 Å². The van der Waals surface area contributed by atoms with Crippen molar-refractivity contribution < 1.29 is 24.2 Å². The number of amides is 1. The van der Waals surface area contributed by atoms with Crippen LogP contribution in [-0.4, -0.2) is 68.2 Å². The number of methoxy groups -OCH3 is 2. The highest BCUT2D eigenvalue weighted by Crippen LogP contribution is 2.41. The maximum atomic E-state index is 12.7. The molecule has 4 N–H and O–H groups in total. The molecular weight excluding hydrogens is 398 g/mol. The summed E-state index contributed by atoms with van der Waals surface area (Å²) in [6.45, 7) is 4.05. The molecule has 8 nitrogen and oxygen atoms in total. The number of Topliss-reactive ketones (excluding diaryl/α,β-unsaturated/α-hetero) is 1. The monoisotopic (exact) mass is 427 g/mol. The number of aliphatic hydroxyl groups excluding tert-OH is 1. The number of ether oxygens (including phenoxy) is 2. The van der Waals surface area contributed by atoms with E-state index in [1.807, 2.05) is 0 Å². The van der Waals surface area contributed by atoms with Gasteiger partial charge in [-0.1, -0.05) is 11.6 Å². The van der Waals surface area contributed by atoms with Crippen molar-refractivity contribution in [1.82, 2.24) is 10.2 Å². The van der Waals surface area contributed by atoms with Gasteiger partial charge in [-0.15, -0.1) is 0 Å². The van der Waals surface area contributed by atoms with Crippen molar-refractivity contribution in [2.75, 3.05) is 46.1 Å². The fourth-order valence-corrected chi connectivity index (χ4v) is 3.75. The van der Waals surface area contributed by atoms with Crippen molar-refractivity contribution in [2.45, 2.75) is 32.3 Å². The van der Waals surface area contributed by atoms with Gasteiger partial charge in [-0.25, -0.2) is 0 Å². The number of likely N-dealkylation sites (tertiary alicyclic amines) is 1. The van der Waals surface area contributed by atoms with Gasteiger partial charge in [0.2, 0.25) is 0 Å². The van der Waals surface area contributed by atoms with Crippen LogP contribution in [0.25, 0.3) is 0 Å². The van der Waals surface area contributed by atoms with Crippen LogP contribution in [0.2, 0.25) is 5.02 Å². The molecule has 162 valence electrons. The van der Waals surface area contributed by atoms with Crippen LogP contribution in [0.3, 0.4) is 0 Å². The molecule has 0 unspecified atom stereocenters. The lowest BCUT2D eigenvalue weighted by Crippen LogP contribution is -2.47. The van der Waals surface area contributed by atoms with Crippen molar-refractivity contribution >= 4 is 29.0 Å². The highest BCUT2D eigenvalue weighted by atomic mass is 35.5. The Labute approximate surface area is 176 Å². The second kappa shape index (κ2) is 10.7. The lowest BCUT2D eigenvalue weighted by Gasteiger charge is -2.36. The molecule has 29 heavy (non-hydrogen) atoms. The highest BCUT2D eigenvalue weighted by molar-refractivity contribution is 6.34. The summed E-state index contributed by atoms with van der Waals surface area (Å²) < 4.78 is 10.5. The van der Waals surface area contributed by atoms with E-state index in [1.165, 1.54) is 20.3 Å². The minimum atomic E-state index is -0.548. The molecule has 9 heteroatoms. The molecule has 2 atom stereocenters. The average Bonchev–Trinajstić information content (AvgIpc) is 2.68. The molecule has 0 aliphatic carbocycles. The van der Waals surface area contributed by atoms with Crippen molar-refractivity contribution in [3.8, 4) is 11.5 Å². The summed E-state index contributed by atoms with van der Waals surface area (Å²) in [6, 6.07) is 1.45. The molecule has 1 saturated heterocycles. The number of carbonyl (C=O) groups excluding carboxylic acids is 2. The zero-order chi connectivity index (χ0) is 21.6. The van der Waals surface area contributed by atoms with Crippen LogP contribution in [-0.2, 0) is 4.79 Å². The number of carbonyl (C=O) groups is 2. The SMILES string of the molecule is COc1c(C(=O)NC[C@@H]2CCN(CCCC(C)=O)C[C@H]2O)cc(Cl)c(N)c1OC. The van der Waals surface area contributed by atoms with Gasteiger partial charge < -0.3 is 35.3 Å². The number of aliphatic hydroxyl groups is 1. The standard InChI is InChI=1S/C20H30ClN3O5/c1-12(25)5-4-7-24-8-6-13(16(26)11-24)10-23-20(27)14-9-15(21)17(22)19(29-3)18(14)28-2/h9,13,16,26H,4-8,10-11,22H2,1-3H3,(H,23,27)/t13-,16+/m0/s1. The van der Waals surface area contributed by atoms with Gasteiger partial charge in [0, 0.05) is 25.4 Å². The number of piperidine rings is 1. The predicted octanol–water partition coefficient (Wildman–Crippen LogP) is 1.72.